The van der Waals surface area contributed by atoms with E-state index in [0.29, 0.717) is 12.4 Å². The number of Topliss-reactive ketones (excluding diaryl/α,β-unsaturated/α-hetero) is 1. The number of oxazole rings is 1. The smallest absolute Gasteiger partial charge is 0.297 e. The van der Waals surface area contributed by atoms with Crippen molar-refractivity contribution < 1.29 is 9.21 Å². The van der Waals surface area contributed by atoms with Crippen LogP contribution >= 0.6 is 0 Å². The fourth-order valence-electron chi connectivity index (χ4n) is 1.69. The molecule has 0 spiro atoms. The van der Waals surface area contributed by atoms with E-state index in [1.54, 1.807) is 13.2 Å². The Morgan fingerprint density at radius 2 is 2.29 bits per heavy atom. The standard InChI is InChI=1S/C10H14N2O2/c1-8(13)6-9-7-14-10(11-9)12-4-2-3-5-12/h7H,2-6H2,1H3. The van der Waals surface area contributed by atoms with E-state index in [4.69, 9.17) is 4.42 Å². The Morgan fingerprint density at radius 1 is 1.57 bits per heavy atom. The highest BCUT2D eigenvalue weighted by atomic mass is 16.4. The maximum atomic E-state index is 10.8. The summed E-state index contributed by atoms with van der Waals surface area (Å²) in [5, 5.41) is 0. The second kappa shape index (κ2) is 3.82. The van der Waals surface area contributed by atoms with Gasteiger partial charge >= 0.3 is 0 Å². The average Bonchev–Trinajstić information content (AvgIpc) is 2.69. The van der Waals surface area contributed by atoms with Crippen LogP contribution in [0.4, 0.5) is 6.01 Å². The Balaban J connectivity index is 2.05. The number of hydrogen-bond acceptors (Lipinski definition) is 4. The molecule has 14 heavy (non-hydrogen) atoms. The number of anilines is 1. The molecular weight excluding hydrogens is 180 g/mol. The topological polar surface area (TPSA) is 46.3 Å². The fraction of sp³-hybridized carbons (Fsp3) is 0.600. The molecule has 1 aromatic heterocycles. The molecule has 1 saturated heterocycles. The minimum atomic E-state index is 0.117. The van der Waals surface area contributed by atoms with Crippen molar-refractivity contribution in [2.45, 2.75) is 26.2 Å². The zero-order chi connectivity index (χ0) is 9.97. The van der Waals surface area contributed by atoms with E-state index in [0.717, 1.165) is 18.8 Å². The quantitative estimate of drug-likeness (QED) is 0.729. The predicted octanol–water partition coefficient (Wildman–Crippen LogP) is 1.41. The van der Waals surface area contributed by atoms with Crippen molar-refractivity contribution in [3.8, 4) is 0 Å². The summed E-state index contributed by atoms with van der Waals surface area (Å²) >= 11 is 0. The van der Waals surface area contributed by atoms with Gasteiger partial charge in [-0.1, -0.05) is 0 Å². The highest BCUT2D eigenvalue weighted by molar-refractivity contribution is 5.77. The largest absolute Gasteiger partial charge is 0.432 e. The Bertz CT molecular complexity index is 327. The number of aromatic nitrogens is 1. The van der Waals surface area contributed by atoms with Crippen LogP contribution in [0.2, 0.25) is 0 Å². The number of hydrogen-bond donors (Lipinski definition) is 0. The molecule has 1 aliphatic rings. The Hall–Kier alpha value is -1.32. The first-order valence-electron chi connectivity index (χ1n) is 4.94. The fourth-order valence-corrected chi connectivity index (χ4v) is 1.69. The van der Waals surface area contributed by atoms with Gasteiger partial charge in [-0.05, 0) is 19.8 Å². The molecule has 0 bridgehead atoms. The van der Waals surface area contributed by atoms with Gasteiger partial charge in [0, 0.05) is 13.1 Å². The highest BCUT2D eigenvalue weighted by Gasteiger charge is 2.17. The highest BCUT2D eigenvalue weighted by Crippen LogP contribution is 2.19. The maximum absolute atomic E-state index is 10.8. The van der Waals surface area contributed by atoms with Crippen molar-refractivity contribution in [1.29, 1.82) is 0 Å². The van der Waals surface area contributed by atoms with E-state index in [1.165, 1.54) is 12.8 Å². The second-order valence-electron chi connectivity index (χ2n) is 3.69. The number of carbonyl (C=O) groups is 1. The molecule has 0 unspecified atom stereocenters. The molecule has 1 aromatic rings. The molecule has 2 rings (SSSR count). The van der Waals surface area contributed by atoms with Crippen LogP contribution in [0, 0.1) is 0 Å². The average molecular weight is 194 g/mol. The first-order chi connectivity index (χ1) is 6.75. The minimum Gasteiger partial charge on any atom is -0.432 e. The molecule has 1 aliphatic heterocycles. The number of ketones is 1. The van der Waals surface area contributed by atoms with E-state index in [1.807, 2.05) is 0 Å². The lowest BCUT2D eigenvalue weighted by Gasteiger charge is -2.10. The van der Waals surface area contributed by atoms with Gasteiger partial charge < -0.3 is 9.32 Å². The van der Waals surface area contributed by atoms with Crippen LogP contribution in [0.1, 0.15) is 25.5 Å². The van der Waals surface area contributed by atoms with E-state index in [9.17, 15) is 4.79 Å². The molecular formula is C10H14N2O2. The maximum Gasteiger partial charge on any atom is 0.297 e. The van der Waals surface area contributed by atoms with Gasteiger partial charge in [-0.15, -0.1) is 0 Å². The van der Waals surface area contributed by atoms with Crippen molar-refractivity contribution in [2.24, 2.45) is 0 Å². The number of nitrogens with zero attached hydrogens (tertiary/aromatic N) is 2. The lowest BCUT2D eigenvalue weighted by molar-refractivity contribution is -0.116. The Morgan fingerprint density at radius 3 is 2.93 bits per heavy atom. The van der Waals surface area contributed by atoms with Crippen LogP contribution in [0.5, 0.6) is 0 Å². The van der Waals surface area contributed by atoms with Crippen LogP contribution in [0.15, 0.2) is 10.7 Å². The summed E-state index contributed by atoms with van der Waals surface area (Å²) in [7, 11) is 0. The van der Waals surface area contributed by atoms with Gasteiger partial charge in [-0.3, -0.25) is 4.79 Å². The molecule has 0 radical (unpaired) electrons. The summed E-state index contributed by atoms with van der Waals surface area (Å²) in [5.74, 6) is 0.117. The van der Waals surface area contributed by atoms with E-state index < -0.39 is 0 Å². The predicted molar refractivity (Wildman–Crippen MR) is 52.3 cm³/mol. The lowest BCUT2D eigenvalue weighted by atomic mass is 10.3. The van der Waals surface area contributed by atoms with E-state index >= 15 is 0 Å². The Labute approximate surface area is 82.9 Å². The Kier molecular flexibility index (Phi) is 2.52. The molecule has 1 fully saturated rings. The summed E-state index contributed by atoms with van der Waals surface area (Å²) in [5.41, 5.74) is 0.736. The normalized spacial score (nSPS) is 16.2. The van der Waals surface area contributed by atoms with Crippen molar-refractivity contribution in [3.05, 3.63) is 12.0 Å². The SMILES string of the molecule is CC(=O)Cc1coc(N2CCCC2)n1. The third kappa shape index (κ3) is 1.95. The second-order valence-corrected chi connectivity index (χ2v) is 3.69. The monoisotopic (exact) mass is 194 g/mol. The van der Waals surface area contributed by atoms with Gasteiger partial charge in [0.2, 0.25) is 0 Å². The van der Waals surface area contributed by atoms with Crippen molar-refractivity contribution in [1.82, 2.24) is 4.98 Å². The van der Waals surface area contributed by atoms with E-state index in [-0.39, 0.29) is 5.78 Å². The van der Waals surface area contributed by atoms with Crippen LogP contribution in [0.25, 0.3) is 0 Å². The van der Waals surface area contributed by atoms with Gasteiger partial charge in [0.15, 0.2) is 0 Å². The molecule has 0 aromatic carbocycles. The van der Waals surface area contributed by atoms with Gasteiger partial charge in [-0.25, -0.2) is 0 Å². The number of rotatable bonds is 3. The van der Waals surface area contributed by atoms with Crippen molar-refractivity contribution >= 4 is 11.8 Å². The third-order valence-electron chi connectivity index (χ3n) is 2.35. The summed E-state index contributed by atoms with van der Waals surface area (Å²) < 4.78 is 5.31. The number of carbonyl (C=O) groups excluding carboxylic acids is 1. The summed E-state index contributed by atoms with van der Waals surface area (Å²) in [6.45, 7) is 3.59. The first-order valence-corrected chi connectivity index (χ1v) is 4.94. The molecule has 0 saturated carbocycles. The minimum absolute atomic E-state index is 0.117. The molecule has 4 heteroatoms. The summed E-state index contributed by atoms with van der Waals surface area (Å²) in [6.07, 6.45) is 4.35. The van der Waals surface area contributed by atoms with E-state index in [2.05, 4.69) is 9.88 Å². The van der Waals surface area contributed by atoms with Gasteiger partial charge in [0.05, 0.1) is 12.1 Å². The summed E-state index contributed by atoms with van der Waals surface area (Å²) in [6, 6.07) is 0.666. The van der Waals surface area contributed by atoms with Crippen LogP contribution in [-0.2, 0) is 11.2 Å². The van der Waals surface area contributed by atoms with Gasteiger partial charge in [0.25, 0.3) is 6.01 Å². The molecule has 4 nitrogen and oxygen atoms in total. The molecule has 0 aliphatic carbocycles. The van der Waals surface area contributed by atoms with Crippen LogP contribution in [-0.4, -0.2) is 23.9 Å². The molecule has 0 atom stereocenters. The molecule has 0 N–H and O–H groups in total. The zero-order valence-corrected chi connectivity index (χ0v) is 8.32. The van der Waals surface area contributed by atoms with Gasteiger partial charge in [-0.2, -0.15) is 4.98 Å². The first kappa shape index (κ1) is 9.24. The van der Waals surface area contributed by atoms with Crippen LogP contribution in [0.3, 0.4) is 0 Å². The third-order valence-corrected chi connectivity index (χ3v) is 2.35. The molecule has 2 heterocycles. The molecule has 0 amide bonds. The zero-order valence-electron chi connectivity index (χ0n) is 8.32. The van der Waals surface area contributed by atoms with Crippen molar-refractivity contribution in [3.63, 3.8) is 0 Å². The van der Waals surface area contributed by atoms with Crippen molar-refractivity contribution in [2.75, 3.05) is 18.0 Å². The molecule has 76 valence electrons. The lowest BCUT2D eigenvalue weighted by Crippen LogP contribution is -2.17. The van der Waals surface area contributed by atoms with Crippen LogP contribution < -0.4 is 4.90 Å². The summed E-state index contributed by atoms with van der Waals surface area (Å²) in [4.78, 5) is 17.2. The van der Waals surface area contributed by atoms with Gasteiger partial charge in [0.1, 0.15) is 12.0 Å².